The standard InChI is InChI=1S/C18H23N5S/c1-14-13-23-18(19-14)24-17(21-23)20-16-8-11-22(12-9-16)10-7-15-5-3-2-4-6-15/h2-6,13,16H,7-12H2,1H3,(H,20,21). The maximum atomic E-state index is 4.57. The first kappa shape index (κ1) is 15.6. The summed E-state index contributed by atoms with van der Waals surface area (Å²) in [6.45, 7) is 5.47. The number of hydrogen-bond acceptors (Lipinski definition) is 5. The van der Waals surface area contributed by atoms with E-state index in [0.29, 0.717) is 6.04 Å². The molecule has 6 heteroatoms. The molecule has 1 aromatic carbocycles. The van der Waals surface area contributed by atoms with Crippen LogP contribution in [0.15, 0.2) is 36.5 Å². The van der Waals surface area contributed by atoms with Crippen molar-refractivity contribution in [1.82, 2.24) is 19.5 Å². The molecule has 4 rings (SSSR count). The minimum atomic E-state index is 0.523. The van der Waals surface area contributed by atoms with Crippen LogP contribution < -0.4 is 5.32 Å². The largest absolute Gasteiger partial charge is 0.357 e. The maximum absolute atomic E-state index is 4.57. The van der Waals surface area contributed by atoms with Gasteiger partial charge in [-0.2, -0.15) is 0 Å². The van der Waals surface area contributed by atoms with Gasteiger partial charge in [0.1, 0.15) is 0 Å². The van der Waals surface area contributed by atoms with E-state index in [0.717, 1.165) is 41.8 Å². The summed E-state index contributed by atoms with van der Waals surface area (Å²) in [4.78, 5) is 8.00. The SMILES string of the molecule is Cc1cn2nc(NC3CCN(CCc4ccccc4)CC3)sc2n1. The van der Waals surface area contributed by atoms with Crippen molar-refractivity contribution in [3.05, 3.63) is 47.8 Å². The second-order valence-electron chi connectivity index (χ2n) is 6.51. The van der Waals surface area contributed by atoms with Crippen molar-refractivity contribution in [2.24, 2.45) is 0 Å². The van der Waals surface area contributed by atoms with Crippen LogP contribution >= 0.6 is 11.3 Å². The molecule has 5 nitrogen and oxygen atoms in total. The molecule has 1 N–H and O–H groups in total. The summed E-state index contributed by atoms with van der Waals surface area (Å²) in [5, 5.41) is 9.15. The summed E-state index contributed by atoms with van der Waals surface area (Å²) in [7, 11) is 0. The monoisotopic (exact) mass is 341 g/mol. The zero-order valence-corrected chi connectivity index (χ0v) is 14.8. The van der Waals surface area contributed by atoms with Gasteiger partial charge in [-0.05, 0) is 31.7 Å². The van der Waals surface area contributed by atoms with Crippen LogP contribution in [0.1, 0.15) is 24.1 Å². The summed E-state index contributed by atoms with van der Waals surface area (Å²) in [5.74, 6) is 0. The fraction of sp³-hybridized carbons (Fsp3) is 0.444. The topological polar surface area (TPSA) is 45.5 Å². The molecule has 2 aromatic heterocycles. The third-order valence-corrected chi connectivity index (χ3v) is 5.49. The van der Waals surface area contributed by atoms with E-state index in [1.54, 1.807) is 11.3 Å². The van der Waals surface area contributed by atoms with Gasteiger partial charge in [0.15, 0.2) is 0 Å². The predicted molar refractivity (Wildman–Crippen MR) is 98.8 cm³/mol. The Morgan fingerprint density at radius 3 is 2.75 bits per heavy atom. The molecular weight excluding hydrogens is 318 g/mol. The molecule has 1 fully saturated rings. The van der Waals surface area contributed by atoms with Gasteiger partial charge in [-0.25, -0.2) is 9.50 Å². The molecule has 0 amide bonds. The van der Waals surface area contributed by atoms with E-state index in [2.05, 4.69) is 50.6 Å². The number of hydrogen-bond donors (Lipinski definition) is 1. The van der Waals surface area contributed by atoms with Crippen molar-refractivity contribution >= 4 is 21.4 Å². The van der Waals surface area contributed by atoms with Crippen molar-refractivity contribution in [3.8, 4) is 0 Å². The number of likely N-dealkylation sites (tertiary alicyclic amines) is 1. The fourth-order valence-electron chi connectivity index (χ4n) is 3.27. The van der Waals surface area contributed by atoms with Crippen molar-refractivity contribution in [1.29, 1.82) is 0 Å². The maximum Gasteiger partial charge on any atom is 0.214 e. The van der Waals surface area contributed by atoms with E-state index in [-0.39, 0.29) is 0 Å². The summed E-state index contributed by atoms with van der Waals surface area (Å²) in [5.41, 5.74) is 2.45. The highest BCUT2D eigenvalue weighted by Gasteiger charge is 2.20. The van der Waals surface area contributed by atoms with E-state index in [1.807, 2.05) is 17.6 Å². The molecule has 0 aliphatic carbocycles. The van der Waals surface area contributed by atoms with Crippen LogP contribution in [-0.2, 0) is 6.42 Å². The van der Waals surface area contributed by atoms with E-state index in [9.17, 15) is 0 Å². The summed E-state index contributed by atoms with van der Waals surface area (Å²) in [6, 6.07) is 11.3. The number of rotatable bonds is 5. The zero-order valence-electron chi connectivity index (χ0n) is 14.0. The predicted octanol–water partition coefficient (Wildman–Crippen LogP) is 3.22. The van der Waals surface area contributed by atoms with E-state index in [1.165, 1.54) is 18.4 Å². The van der Waals surface area contributed by atoms with Gasteiger partial charge in [-0.3, -0.25) is 0 Å². The number of imidazole rings is 1. The molecule has 24 heavy (non-hydrogen) atoms. The molecule has 0 saturated carbocycles. The minimum Gasteiger partial charge on any atom is -0.357 e. The molecule has 1 saturated heterocycles. The summed E-state index contributed by atoms with van der Waals surface area (Å²) in [6.07, 6.45) is 5.47. The Hall–Kier alpha value is -1.92. The van der Waals surface area contributed by atoms with Crippen LogP contribution in [0.2, 0.25) is 0 Å². The molecular formula is C18H23N5S. The van der Waals surface area contributed by atoms with E-state index < -0.39 is 0 Å². The van der Waals surface area contributed by atoms with Crippen molar-refractivity contribution in [2.45, 2.75) is 32.2 Å². The molecule has 0 atom stereocenters. The molecule has 0 unspecified atom stereocenters. The number of aromatic nitrogens is 3. The first-order valence-corrected chi connectivity index (χ1v) is 9.43. The Labute approximate surface area is 146 Å². The Morgan fingerprint density at radius 2 is 2.00 bits per heavy atom. The summed E-state index contributed by atoms with van der Waals surface area (Å²) >= 11 is 1.64. The third kappa shape index (κ3) is 3.60. The van der Waals surface area contributed by atoms with Crippen LogP contribution in [0.25, 0.3) is 4.96 Å². The number of piperidine rings is 1. The van der Waals surface area contributed by atoms with Gasteiger partial charge in [-0.1, -0.05) is 41.7 Å². The highest BCUT2D eigenvalue weighted by molar-refractivity contribution is 7.20. The number of nitrogens with one attached hydrogen (secondary N) is 1. The van der Waals surface area contributed by atoms with Crippen LogP contribution in [-0.4, -0.2) is 45.2 Å². The fourth-order valence-corrected chi connectivity index (χ4v) is 4.18. The van der Waals surface area contributed by atoms with Crippen LogP contribution in [0.4, 0.5) is 5.13 Å². The molecule has 0 radical (unpaired) electrons. The average Bonchev–Trinajstić information content (AvgIpc) is 3.12. The van der Waals surface area contributed by atoms with Crippen molar-refractivity contribution in [3.63, 3.8) is 0 Å². The zero-order chi connectivity index (χ0) is 16.4. The molecule has 0 bridgehead atoms. The van der Waals surface area contributed by atoms with Crippen LogP contribution in [0.5, 0.6) is 0 Å². The van der Waals surface area contributed by atoms with Gasteiger partial charge in [0.05, 0.1) is 11.9 Å². The number of benzene rings is 1. The van der Waals surface area contributed by atoms with E-state index in [4.69, 9.17) is 0 Å². The Balaban J connectivity index is 1.25. The van der Waals surface area contributed by atoms with Gasteiger partial charge < -0.3 is 10.2 Å². The smallest absolute Gasteiger partial charge is 0.214 e. The molecule has 126 valence electrons. The molecule has 1 aliphatic rings. The normalized spacial score (nSPS) is 16.7. The van der Waals surface area contributed by atoms with Gasteiger partial charge >= 0.3 is 0 Å². The van der Waals surface area contributed by atoms with Crippen LogP contribution in [0, 0.1) is 6.92 Å². The molecule has 0 spiro atoms. The number of nitrogens with zero attached hydrogens (tertiary/aromatic N) is 4. The molecule has 1 aliphatic heterocycles. The van der Waals surface area contributed by atoms with Crippen LogP contribution in [0.3, 0.4) is 0 Å². The molecule has 3 heterocycles. The molecule has 3 aromatic rings. The Kier molecular flexibility index (Phi) is 4.49. The Bertz CT molecular complexity index is 755. The lowest BCUT2D eigenvalue weighted by Gasteiger charge is -2.32. The highest BCUT2D eigenvalue weighted by atomic mass is 32.1. The Morgan fingerprint density at radius 1 is 1.21 bits per heavy atom. The first-order chi connectivity index (χ1) is 11.8. The lowest BCUT2D eigenvalue weighted by molar-refractivity contribution is 0.221. The average molecular weight is 341 g/mol. The third-order valence-electron chi connectivity index (χ3n) is 4.64. The lowest BCUT2D eigenvalue weighted by atomic mass is 10.0. The van der Waals surface area contributed by atoms with Gasteiger partial charge in [0.2, 0.25) is 10.1 Å². The lowest BCUT2D eigenvalue weighted by Crippen LogP contribution is -2.40. The van der Waals surface area contributed by atoms with Gasteiger partial charge in [-0.15, -0.1) is 5.10 Å². The number of aryl methyl sites for hydroxylation is 1. The van der Waals surface area contributed by atoms with Crippen molar-refractivity contribution < 1.29 is 0 Å². The van der Waals surface area contributed by atoms with E-state index >= 15 is 0 Å². The number of anilines is 1. The van der Waals surface area contributed by atoms with Gasteiger partial charge in [0.25, 0.3) is 0 Å². The second-order valence-corrected chi connectivity index (χ2v) is 7.47. The number of fused-ring (bicyclic) bond motifs is 1. The quantitative estimate of drug-likeness (QED) is 0.774. The van der Waals surface area contributed by atoms with Crippen molar-refractivity contribution in [2.75, 3.05) is 25.0 Å². The highest BCUT2D eigenvalue weighted by Crippen LogP contribution is 2.22. The summed E-state index contributed by atoms with van der Waals surface area (Å²) < 4.78 is 1.87. The second kappa shape index (κ2) is 6.91. The van der Waals surface area contributed by atoms with Gasteiger partial charge in [0, 0.05) is 25.7 Å². The minimum absolute atomic E-state index is 0.523. The first-order valence-electron chi connectivity index (χ1n) is 8.62.